The summed E-state index contributed by atoms with van der Waals surface area (Å²) >= 11 is 24.8. The van der Waals surface area contributed by atoms with E-state index < -0.39 is 24.0 Å². The van der Waals surface area contributed by atoms with Gasteiger partial charge < -0.3 is 29.6 Å². The minimum Gasteiger partial charge on any atom is -0.383 e. The third-order valence-corrected chi connectivity index (χ3v) is 7.73. The minimum atomic E-state index is -1.80. The largest absolute Gasteiger partial charge is 0.383 e. The number of benzene rings is 2. The maximum absolute atomic E-state index is 12.1. The molecule has 1 saturated heterocycles. The lowest BCUT2D eigenvalue weighted by molar-refractivity contribution is -0.0898. The third-order valence-electron chi connectivity index (χ3n) is 6.56. The minimum absolute atomic E-state index is 0.0541. The highest BCUT2D eigenvalue weighted by Gasteiger charge is 2.57. The van der Waals surface area contributed by atoms with Crippen LogP contribution in [0.5, 0.6) is 0 Å². The summed E-state index contributed by atoms with van der Waals surface area (Å²) in [7, 11) is 0. The van der Waals surface area contributed by atoms with Crippen LogP contribution in [0.3, 0.4) is 0 Å². The summed E-state index contributed by atoms with van der Waals surface area (Å²) in [5, 5.41) is 14.6. The molecule has 3 heterocycles. The fourth-order valence-electron chi connectivity index (χ4n) is 4.66. The summed E-state index contributed by atoms with van der Waals surface area (Å²) in [4.78, 5) is 8.40. The van der Waals surface area contributed by atoms with E-state index in [1.165, 1.54) is 6.33 Å². The Morgan fingerprint density at radius 1 is 1.02 bits per heavy atom. The molecule has 0 bridgehead atoms. The van der Waals surface area contributed by atoms with E-state index in [1.807, 2.05) is 0 Å². The highest BCUT2D eigenvalue weighted by molar-refractivity contribution is 6.35. The standard InChI is InChI=1S/C28H24Cl4N4O4/c1-2-8-28(37)24(39-13-17-4-6-19(30)11-22(17)32)23(14-38-12-16-3-5-18(29)10-21(16)31)40-27(28)36-9-7-20-25(33)34-15-35-26(20)36/h3-7,9-11,15,23-24,27,37H,12-14H2,1H3,(H2,33,34,35)/t23?,24-,27-,28-/m1/s1. The summed E-state index contributed by atoms with van der Waals surface area (Å²) in [5.41, 5.74) is 6.15. The number of aliphatic hydroxyl groups is 1. The topological polar surface area (TPSA) is 105 Å². The molecule has 4 atom stereocenters. The molecule has 1 fully saturated rings. The van der Waals surface area contributed by atoms with Crippen LogP contribution in [0.4, 0.5) is 5.82 Å². The van der Waals surface area contributed by atoms with Crippen LogP contribution in [0.2, 0.25) is 20.1 Å². The Morgan fingerprint density at radius 2 is 1.70 bits per heavy atom. The molecule has 0 amide bonds. The summed E-state index contributed by atoms with van der Waals surface area (Å²) in [5.74, 6) is 6.04. The maximum atomic E-state index is 12.1. The summed E-state index contributed by atoms with van der Waals surface area (Å²) in [6.45, 7) is 1.93. The molecule has 12 heteroatoms. The van der Waals surface area contributed by atoms with Gasteiger partial charge in [0.1, 0.15) is 30.0 Å². The van der Waals surface area contributed by atoms with Gasteiger partial charge in [-0.25, -0.2) is 9.97 Å². The van der Waals surface area contributed by atoms with Crippen LogP contribution < -0.4 is 5.73 Å². The first-order valence-electron chi connectivity index (χ1n) is 12.2. The van der Waals surface area contributed by atoms with E-state index >= 15 is 0 Å². The number of rotatable bonds is 8. The van der Waals surface area contributed by atoms with Crippen LogP contribution in [0.25, 0.3) is 11.0 Å². The molecule has 5 rings (SSSR count). The number of aromatic nitrogens is 3. The molecule has 40 heavy (non-hydrogen) atoms. The first kappa shape index (κ1) is 28.9. The van der Waals surface area contributed by atoms with E-state index in [0.29, 0.717) is 42.5 Å². The molecular weight excluding hydrogens is 598 g/mol. The molecule has 1 aliphatic rings. The fourth-order valence-corrected chi connectivity index (χ4v) is 5.58. The van der Waals surface area contributed by atoms with Gasteiger partial charge in [-0.15, -0.1) is 5.92 Å². The molecule has 2 aromatic heterocycles. The highest BCUT2D eigenvalue weighted by Crippen LogP contribution is 2.42. The maximum Gasteiger partial charge on any atom is 0.199 e. The normalized spacial score (nSPS) is 22.4. The summed E-state index contributed by atoms with van der Waals surface area (Å²) in [6.07, 6.45) is 0.358. The van der Waals surface area contributed by atoms with Crippen molar-refractivity contribution in [1.82, 2.24) is 14.5 Å². The fraction of sp³-hybridized carbons (Fsp3) is 0.286. The Kier molecular flexibility index (Phi) is 8.76. The number of nitrogen functional groups attached to an aromatic ring is 1. The second-order valence-electron chi connectivity index (χ2n) is 9.16. The van der Waals surface area contributed by atoms with Gasteiger partial charge in [0.05, 0.1) is 25.2 Å². The zero-order valence-electron chi connectivity index (χ0n) is 21.2. The predicted octanol–water partition coefficient (Wildman–Crippen LogP) is 6.08. The third kappa shape index (κ3) is 5.75. The molecule has 1 unspecified atom stereocenters. The molecule has 0 radical (unpaired) electrons. The van der Waals surface area contributed by atoms with Crippen LogP contribution in [-0.4, -0.2) is 44.1 Å². The average molecular weight is 622 g/mol. The Hall–Kier alpha value is -2.58. The number of ether oxygens (including phenoxy) is 3. The monoisotopic (exact) mass is 620 g/mol. The van der Waals surface area contributed by atoms with Gasteiger partial charge in [-0.05, 0) is 48.4 Å². The molecular formula is C28H24Cl4N4O4. The lowest BCUT2D eigenvalue weighted by atomic mass is 9.94. The molecule has 1 aliphatic heterocycles. The lowest BCUT2D eigenvalue weighted by Crippen LogP contribution is -2.47. The highest BCUT2D eigenvalue weighted by atomic mass is 35.5. The quantitative estimate of drug-likeness (QED) is 0.230. The van der Waals surface area contributed by atoms with Gasteiger partial charge in [-0.1, -0.05) is 64.5 Å². The zero-order valence-corrected chi connectivity index (χ0v) is 24.2. The lowest BCUT2D eigenvalue weighted by Gasteiger charge is -2.30. The SMILES string of the molecule is CC#C[C@@]1(O)[C@H](OCc2ccc(Cl)cc2Cl)C(COCc2ccc(Cl)cc2Cl)O[C@H]1n1ccc2c(N)ncnc21. The van der Waals surface area contributed by atoms with Gasteiger partial charge in [0, 0.05) is 26.3 Å². The number of halogens is 4. The van der Waals surface area contributed by atoms with Crippen molar-refractivity contribution in [3.63, 3.8) is 0 Å². The number of nitrogens with zero attached hydrogens (tertiary/aromatic N) is 3. The van der Waals surface area contributed by atoms with Gasteiger partial charge in [-0.3, -0.25) is 0 Å². The van der Waals surface area contributed by atoms with E-state index in [-0.39, 0.29) is 19.8 Å². The molecule has 0 spiro atoms. The van der Waals surface area contributed by atoms with Gasteiger partial charge in [0.15, 0.2) is 11.8 Å². The van der Waals surface area contributed by atoms with Crippen molar-refractivity contribution in [2.24, 2.45) is 0 Å². The molecule has 2 aromatic carbocycles. The first-order chi connectivity index (χ1) is 19.2. The number of nitrogens with two attached hydrogens (primary N) is 1. The van der Waals surface area contributed by atoms with E-state index in [9.17, 15) is 5.11 Å². The molecule has 8 nitrogen and oxygen atoms in total. The average Bonchev–Trinajstić information content (AvgIpc) is 3.44. The van der Waals surface area contributed by atoms with Gasteiger partial charge in [-0.2, -0.15) is 0 Å². The van der Waals surface area contributed by atoms with Crippen LogP contribution in [0.1, 0.15) is 24.3 Å². The van der Waals surface area contributed by atoms with Crippen molar-refractivity contribution in [1.29, 1.82) is 0 Å². The predicted molar refractivity (Wildman–Crippen MR) is 155 cm³/mol. The van der Waals surface area contributed by atoms with Crippen LogP contribution >= 0.6 is 46.4 Å². The van der Waals surface area contributed by atoms with Crippen molar-refractivity contribution in [3.05, 3.63) is 86.2 Å². The Morgan fingerprint density at radius 3 is 2.35 bits per heavy atom. The van der Waals surface area contributed by atoms with Gasteiger partial charge in [0.2, 0.25) is 0 Å². The van der Waals surface area contributed by atoms with E-state index in [0.717, 1.165) is 5.56 Å². The van der Waals surface area contributed by atoms with Crippen molar-refractivity contribution < 1.29 is 19.3 Å². The summed E-state index contributed by atoms with van der Waals surface area (Å²) < 4.78 is 20.4. The first-order valence-corrected chi connectivity index (χ1v) is 13.7. The van der Waals surface area contributed by atoms with Crippen molar-refractivity contribution in [3.8, 4) is 11.8 Å². The second kappa shape index (κ2) is 12.1. The van der Waals surface area contributed by atoms with E-state index in [1.54, 1.807) is 60.2 Å². The molecule has 208 valence electrons. The van der Waals surface area contributed by atoms with Crippen molar-refractivity contribution in [2.75, 3.05) is 12.3 Å². The smallest absolute Gasteiger partial charge is 0.199 e. The molecule has 0 saturated carbocycles. The van der Waals surface area contributed by atoms with Crippen LogP contribution in [0, 0.1) is 11.8 Å². The van der Waals surface area contributed by atoms with Crippen LogP contribution in [0.15, 0.2) is 55.0 Å². The van der Waals surface area contributed by atoms with Crippen LogP contribution in [-0.2, 0) is 27.4 Å². The van der Waals surface area contributed by atoms with Crippen molar-refractivity contribution in [2.45, 2.75) is 44.2 Å². The number of anilines is 1. The Labute approximate surface area is 250 Å². The molecule has 0 aliphatic carbocycles. The van der Waals surface area contributed by atoms with Crippen molar-refractivity contribution >= 4 is 63.3 Å². The van der Waals surface area contributed by atoms with Gasteiger partial charge in [0.25, 0.3) is 0 Å². The summed E-state index contributed by atoms with van der Waals surface area (Å²) in [6, 6.07) is 12.0. The number of hydrogen-bond donors (Lipinski definition) is 2. The van der Waals surface area contributed by atoms with E-state index in [2.05, 4.69) is 21.8 Å². The Bertz CT molecular complexity index is 1600. The van der Waals surface area contributed by atoms with Gasteiger partial charge >= 0.3 is 0 Å². The zero-order chi connectivity index (χ0) is 28.4. The second-order valence-corrected chi connectivity index (χ2v) is 10.9. The Balaban J connectivity index is 1.47. The number of hydrogen-bond acceptors (Lipinski definition) is 7. The molecule has 3 N–H and O–H groups in total. The van der Waals surface area contributed by atoms with E-state index in [4.69, 9.17) is 66.3 Å². The number of fused-ring (bicyclic) bond motifs is 1. The molecule has 4 aromatic rings.